The van der Waals surface area contributed by atoms with Gasteiger partial charge in [-0.1, -0.05) is 11.6 Å². The Morgan fingerprint density at radius 1 is 1.91 bits per heavy atom. The predicted octanol–water partition coefficient (Wildman–Crippen LogP) is -0.682. The van der Waals surface area contributed by atoms with E-state index in [0.717, 1.165) is 18.7 Å². The van der Waals surface area contributed by atoms with Gasteiger partial charge in [0.15, 0.2) is 0 Å². The summed E-state index contributed by atoms with van der Waals surface area (Å²) in [5.41, 5.74) is 6.43. The zero-order chi connectivity index (χ0) is 8.27. The summed E-state index contributed by atoms with van der Waals surface area (Å²) in [4.78, 5) is 10.3. The molecule has 0 fully saturated rings. The van der Waals surface area contributed by atoms with Crippen LogP contribution in [0.2, 0.25) is 0 Å². The Hall–Kier alpha value is -0.870. The highest BCUT2D eigenvalue weighted by molar-refractivity contribution is 5.73. The molecule has 4 N–H and O–H groups in total. The van der Waals surface area contributed by atoms with Gasteiger partial charge in [-0.05, 0) is 6.42 Å². The normalized spacial score (nSPS) is 19.5. The molecular weight excluding hydrogens is 144 g/mol. The van der Waals surface area contributed by atoms with Gasteiger partial charge in [-0.3, -0.25) is 4.79 Å². The van der Waals surface area contributed by atoms with Crippen LogP contribution in [0, 0.1) is 0 Å². The van der Waals surface area contributed by atoms with Crippen molar-refractivity contribution in [1.29, 1.82) is 0 Å². The molecule has 4 nitrogen and oxygen atoms in total. The van der Waals surface area contributed by atoms with Crippen LogP contribution in [-0.2, 0) is 4.79 Å². The summed E-state index contributed by atoms with van der Waals surface area (Å²) in [6.45, 7) is 1.61. The minimum atomic E-state index is -0.933. The van der Waals surface area contributed by atoms with Crippen LogP contribution in [0.25, 0.3) is 0 Å². The summed E-state index contributed by atoms with van der Waals surface area (Å²) in [5, 5.41) is 11.5. The van der Waals surface area contributed by atoms with Crippen LogP contribution >= 0.6 is 0 Å². The Bertz CT molecular complexity index is 189. The molecule has 0 saturated carbocycles. The molecule has 0 aromatic carbocycles. The minimum absolute atomic E-state index is 0.461. The molecule has 0 bridgehead atoms. The van der Waals surface area contributed by atoms with Crippen LogP contribution in [0.15, 0.2) is 11.6 Å². The molecule has 0 aliphatic carbocycles. The lowest BCUT2D eigenvalue weighted by molar-refractivity contribution is -0.138. The first kappa shape index (κ1) is 8.23. The Kier molecular flexibility index (Phi) is 2.62. The van der Waals surface area contributed by atoms with E-state index in [1.54, 1.807) is 0 Å². The van der Waals surface area contributed by atoms with E-state index in [1.807, 2.05) is 6.08 Å². The van der Waals surface area contributed by atoms with Crippen molar-refractivity contribution >= 4 is 5.97 Å². The summed E-state index contributed by atoms with van der Waals surface area (Å²) in [7, 11) is 0. The molecule has 1 unspecified atom stereocenters. The number of aliphatic carboxylic acids is 1. The fourth-order valence-electron chi connectivity index (χ4n) is 1.05. The summed E-state index contributed by atoms with van der Waals surface area (Å²) in [6, 6.07) is -0.749. The van der Waals surface area contributed by atoms with Crippen LogP contribution < -0.4 is 11.1 Å². The molecule has 1 aliphatic heterocycles. The molecule has 0 saturated heterocycles. The van der Waals surface area contributed by atoms with E-state index in [4.69, 9.17) is 10.8 Å². The molecule has 0 amide bonds. The van der Waals surface area contributed by atoms with Gasteiger partial charge in [-0.25, -0.2) is 0 Å². The van der Waals surface area contributed by atoms with Crippen molar-refractivity contribution in [2.75, 3.05) is 13.1 Å². The first-order valence-corrected chi connectivity index (χ1v) is 3.57. The second kappa shape index (κ2) is 3.50. The van der Waals surface area contributed by atoms with E-state index < -0.39 is 12.0 Å². The van der Waals surface area contributed by atoms with E-state index in [-0.39, 0.29) is 0 Å². The molecule has 0 aromatic rings. The lowest BCUT2D eigenvalue weighted by Crippen LogP contribution is -2.30. The molecule has 1 rings (SSSR count). The highest BCUT2D eigenvalue weighted by atomic mass is 16.4. The number of nitrogens with two attached hydrogens (primary N) is 1. The third-order valence-electron chi connectivity index (χ3n) is 1.69. The topological polar surface area (TPSA) is 75.3 Å². The van der Waals surface area contributed by atoms with Gasteiger partial charge in [0.2, 0.25) is 0 Å². The fourth-order valence-corrected chi connectivity index (χ4v) is 1.05. The van der Waals surface area contributed by atoms with Gasteiger partial charge in [-0.15, -0.1) is 0 Å². The summed E-state index contributed by atoms with van der Waals surface area (Å²) in [5.74, 6) is -0.933. The Labute approximate surface area is 65.1 Å². The van der Waals surface area contributed by atoms with Crippen molar-refractivity contribution in [2.24, 2.45) is 5.73 Å². The van der Waals surface area contributed by atoms with Crippen LogP contribution in [0.3, 0.4) is 0 Å². The molecule has 11 heavy (non-hydrogen) atoms. The third-order valence-corrected chi connectivity index (χ3v) is 1.69. The Morgan fingerprint density at radius 3 is 3.09 bits per heavy atom. The SMILES string of the molecule is NC(CC1=CCNC1)C(=O)O. The Balaban J connectivity index is 2.35. The van der Waals surface area contributed by atoms with Crippen molar-refractivity contribution in [3.63, 3.8) is 0 Å². The van der Waals surface area contributed by atoms with Crippen molar-refractivity contribution in [1.82, 2.24) is 5.32 Å². The molecule has 1 heterocycles. The van der Waals surface area contributed by atoms with Gasteiger partial charge in [0.25, 0.3) is 0 Å². The van der Waals surface area contributed by atoms with E-state index >= 15 is 0 Å². The van der Waals surface area contributed by atoms with Crippen molar-refractivity contribution in [3.05, 3.63) is 11.6 Å². The van der Waals surface area contributed by atoms with Gasteiger partial charge in [0.1, 0.15) is 6.04 Å². The van der Waals surface area contributed by atoms with E-state index in [1.165, 1.54) is 0 Å². The second-order valence-corrected chi connectivity index (χ2v) is 2.64. The van der Waals surface area contributed by atoms with Gasteiger partial charge in [-0.2, -0.15) is 0 Å². The number of rotatable bonds is 3. The number of nitrogens with one attached hydrogen (secondary N) is 1. The number of hydrogen-bond donors (Lipinski definition) is 3. The van der Waals surface area contributed by atoms with Crippen LogP contribution in [-0.4, -0.2) is 30.2 Å². The van der Waals surface area contributed by atoms with Crippen LogP contribution in [0.5, 0.6) is 0 Å². The summed E-state index contributed by atoms with van der Waals surface area (Å²) >= 11 is 0. The lowest BCUT2D eigenvalue weighted by atomic mass is 10.1. The van der Waals surface area contributed by atoms with E-state index in [0.29, 0.717) is 6.42 Å². The average Bonchev–Trinajstić information content (AvgIpc) is 2.39. The second-order valence-electron chi connectivity index (χ2n) is 2.64. The molecule has 62 valence electrons. The van der Waals surface area contributed by atoms with Gasteiger partial charge in [0, 0.05) is 13.1 Å². The predicted molar refractivity (Wildman–Crippen MR) is 41.2 cm³/mol. The maximum atomic E-state index is 10.3. The first-order valence-electron chi connectivity index (χ1n) is 3.57. The number of carboxylic acid groups (broad SMARTS) is 1. The highest BCUT2D eigenvalue weighted by Gasteiger charge is 2.14. The largest absolute Gasteiger partial charge is 0.480 e. The maximum Gasteiger partial charge on any atom is 0.320 e. The Morgan fingerprint density at radius 2 is 2.64 bits per heavy atom. The first-order chi connectivity index (χ1) is 5.20. The molecule has 0 aromatic heterocycles. The zero-order valence-corrected chi connectivity index (χ0v) is 6.21. The monoisotopic (exact) mass is 156 g/mol. The van der Waals surface area contributed by atoms with Crippen molar-refractivity contribution in [3.8, 4) is 0 Å². The highest BCUT2D eigenvalue weighted by Crippen LogP contribution is 2.06. The van der Waals surface area contributed by atoms with Crippen LogP contribution in [0.1, 0.15) is 6.42 Å². The quantitative estimate of drug-likeness (QED) is 0.473. The number of hydrogen-bond acceptors (Lipinski definition) is 3. The van der Waals surface area contributed by atoms with Crippen molar-refractivity contribution in [2.45, 2.75) is 12.5 Å². The summed E-state index contributed by atoms with van der Waals surface area (Å²) in [6.07, 6.45) is 2.45. The molecule has 1 aliphatic rings. The molecular formula is C7H12N2O2. The molecule has 1 atom stereocenters. The smallest absolute Gasteiger partial charge is 0.320 e. The minimum Gasteiger partial charge on any atom is -0.480 e. The molecule has 0 spiro atoms. The lowest BCUT2D eigenvalue weighted by Gasteiger charge is -2.05. The van der Waals surface area contributed by atoms with E-state index in [9.17, 15) is 4.79 Å². The standard InChI is InChI=1S/C7H12N2O2/c8-6(7(10)11)3-5-1-2-9-4-5/h1,6,9H,2-4,8H2,(H,10,11). The maximum absolute atomic E-state index is 10.3. The average molecular weight is 156 g/mol. The van der Waals surface area contributed by atoms with Gasteiger partial charge >= 0.3 is 5.97 Å². The summed E-state index contributed by atoms with van der Waals surface area (Å²) < 4.78 is 0. The number of carbonyl (C=O) groups is 1. The number of carboxylic acids is 1. The van der Waals surface area contributed by atoms with E-state index in [2.05, 4.69) is 5.32 Å². The van der Waals surface area contributed by atoms with Crippen molar-refractivity contribution < 1.29 is 9.90 Å². The van der Waals surface area contributed by atoms with Gasteiger partial charge in [0.05, 0.1) is 0 Å². The van der Waals surface area contributed by atoms with Gasteiger partial charge < -0.3 is 16.2 Å². The molecule has 0 radical (unpaired) electrons. The fraction of sp³-hybridized carbons (Fsp3) is 0.571. The van der Waals surface area contributed by atoms with Crippen LogP contribution in [0.4, 0.5) is 0 Å². The molecule has 4 heteroatoms. The third kappa shape index (κ3) is 2.32. The zero-order valence-electron chi connectivity index (χ0n) is 6.21.